The van der Waals surface area contributed by atoms with E-state index in [1.165, 1.54) is 22.5 Å². The molecule has 3 aromatic rings. The van der Waals surface area contributed by atoms with Crippen LogP contribution >= 0.6 is 0 Å². The molecule has 0 amide bonds. The number of fused-ring (bicyclic) bond motifs is 1. The van der Waals surface area contributed by atoms with E-state index >= 15 is 0 Å². The molecule has 4 rings (SSSR count). The van der Waals surface area contributed by atoms with Gasteiger partial charge in [-0.3, -0.25) is 4.98 Å². The molecule has 0 N–H and O–H groups in total. The van der Waals surface area contributed by atoms with Gasteiger partial charge in [-0.25, -0.2) is 4.79 Å². The Morgan fingerprint density at radius 3 is 1.68 bits per heavy atom. The van der Waals surface area contributed by atoms with E-state index in [-0.39, 0.29) is 5.97 Å². The van der Waals surface area contributed by atoms with Crippen LogP contribution in [0.4, 0.5) is 11.4 Å². The quantitative estimate of drug-likeness (QED) is 0.241. The fraction of sp³-hybridized carbons (Fsp3) is 0.455. The van der Waals surface area contributed by atoms with Gasteiger partial charge < -0.3 is 14.5 Å². The molecule has 5 heteroatoms. The van der Waals surface area contributed by atoms with E-state index < -0.39 is 5.60 Å². The highest BCUT2D eigenvalue weighted by atomic mass is 16.6. The maximum absolute atomic E-state index is 13.4. The molecule has 5 nitrogen and oxygen atoms in total. The van der Waals surface area contributed by atoms with Crippen LogP contribution in [0.25, 0.3) is 0 Å². The zero-order valence-corrected chi connectivity index (χ0v) is 24.0. The van der Waals surface area contributed by atoms with Crippen molar-refractivity contribution < 1.29 is 9.53 Å². The zero-order chi connectivity index (χ0) is 27.3. The van der Waals surface area contributed by atoms with Gasteiger partial charge in [-0.2, -0.15) is 0 Å². The number of carbonyl (C=O) groups is 1. The van der Waals surface area contributed by atoms with Gasteiger partial charge in [-0.1, -0.05) is 38.8 Å². The molecule has 0 saturated heterocycles. The molecule has 0 saturated carbocycles. The second-order valence-electron chi connectivity index (χ2n) is 10.00. The molecule has 1 aliphatic heterocycles. The van der Waals surface area contributed by atoms with Gasteiger partial charge in [0.05, 0.1) is 5.56 Å². The minimum atomic E-state index is -1.08. The Balaban J connectivity index is 2.04. The third-order valence-electron chi connectivity index (χ3n) is 7.84. The Hall–Kier alpha value is -3.34. The Labute approximate surface area is 228 Å². The lowest BCUT2D eigenvalue weighted by molar-refractivity contribution is 0.0238. The number of hydrogen-bond acceptors (Lipinski definition) is 5. The van der Waals surface area contributed by atoms with Crippen LogP contribution in [0, 0.1) is 0 Å². The molecule has 0 aliphatic carbocycles. The third-order valence-corrected chi connectivity index (χ3v) is 7.84. The molecule has 1 aromatic heterocycles. The van der Waals surface area contributed by atoms with E-state index in [4.69, 9.17) is 9.72 Å². The normalized spacial score (nSPS) is 13.8. The number of ether oxygens (including phenoxy) is 1. The number of rotatable bonds is 12. The van der Waals surface area contributed by atoms with Crippen LogP contribution in [-0.4, -0.2) is 37.1 Å². The van der Waals surface area contributed by atoms with E-state index in [1.807, 2.05) is 12.1 Å². The minimum absolute atomic E-state index is 0.307. The molecule has 2 aromatic carbocycles. The lowest BCUT2D eigenvalue weighted by Crippen LogP contribution is -2.33. The number of nitrogens with zero attached hydrogens (tertiary/aromatic N) is 3. The fourth-order valence-corrected chi connectivity index (χ4v) is 5.97. The monoisotopic (exact) mass is 513 g/mol. The molecular formula is C33H43N3O2. The van der Waals surface area contributed by atoms with Gasteiger partial charge in [0.1, 0.15) is 5.69 Å². The van der Waals surface area contributed by atoms with Gasteiger partial charge in [-0.05, 0) is 88.1 Å². The first-order valence-corrected chi connectivity index (χ1v) is 14.4. The van der Waals surface area contributed by atoms with Crippen molar-refractivity contribution in [2.45, 2.75) is 72.8 Å². The van der Waals surface area contributed by atoms with Crippen LogP contribution in [-0.2, 0) is 23.2 Å². The smallest absolute Gasteiger partial charge is 0.341 e. The van der Waals surface area contributed by atoms with Gasteiger partial charge in [0, 0.05) is 54.9 Å². The van der Waals surface area contributed by atoms with Gasteiger partial charge in [-0.15, -0.1) is 0 Å². The summed E-state index contributed by atoms with van der Waals surface area (Å²) in [6, 6.07) is 17.0. The van der Waals surface area contributed by atoms with Crippen molar-refractivity contribution >= 4 is 17.3 Å². The van der Waals surface area contributed by atoms with Crippen LogP contribution < -0.4 is 9.80 Å². The number of hydrogen-bond donors (Lipinski definition) is 0. The van der Waals surface area contributed by atoms with Crippen molar-refractivity contribution in [2.75, 3.05) is 36.0 Å². The summed E-state index contributed by atoms with van der Waals surface area (Å²) in [7, 11) is 0. The summed E-state index contributed by atoms with van der Waals surface area (Å²) in [5.41, 5.74) is 7.04. The molecule has 0 bridgehead atoms. The lowest BCUT2D eigenvalue weighted by atomic mass is 9.77. The minimum Gasteiger partial charge on any atom is -0.439 e. The Kier molecular flexibility index (Phi) is 8.76. The molecule has 0 radical (unpaired) electrons. The van der Waals surface area contributed by atoms with Crippen LogP contribution in [0.15, 0.2) is 54.7 Å². The van der Waals surface area contributed by atoms with Crippen molar-refractivity contribution in [1.29, 1.82) is 0 Å². The van der Waals surface area contributed by atoms with Crippen LogP contribution in [0.1, 0.15) is 92.7 Å². The van der Waals surface area contributed by atoms with Crippen LogP contribution in [0.3, 0.4) is 0 Å². The largest absolute Gasteiger partial charge is 0.439 e. The molecule has 0 spiro atoms. The van der Waals surface area contributed by atoms with Crippen LogP contribution in [0.5, 0.6) is 0 Å². The second-order valence-corrected chi connectivity index (χ2v) is 10.00. The number of benzene rings is 2. The van der Waals surface area contributed by atoms with Crippen molar-refractivity contribution in [3.8, 4) is 0 Å². The SMILES string of the molecule is CCCc1cc(N(CC)CC)ccc1C1(c2ccc(N(CC)CC)cc2CCC)OC(=O)c2cccnc21. The van der Waals surface area contributed by atoms with Crippen molar-refractivity contribution in [2.24, 2.45) is 0 Å². The molecule has 2 heterocycles. The maximum Gasteiger partial charge on any atom is 0.341 e. The van der Waals surface area contributed by atoms with Gasteiger partial charge in [0.2, 0.25) is 5.60 Å². The van der Waals surface area contributed by atoms with E-state index in [2.05, 4.69) is 87.7 Å². The highest BCUT2D eigenvalue weighted by Gasteiger charge is 2.51. The summed E-state index contributed by atoms with van der Waals surface area (Å²) < 4.78 is 6.54. The molecular weight excluding hydrogens is 470 g/mol. The number of cyclic esters (lactones) is 1. The zero-order valence-electron chi connectivity index (χ0n) is 24.0. The average molecular weight is 514 g/mol. The summed E-state index contributed by atoms with van der Waals surface area (Å²) in [5.74, 6) is -0.307. The molecule has 0 fully saturated rings. The highest BCUT2D eigenvalue weighted by molar-refractivity contribution is 5.95. The van der Waals surface area contributed by atoms with Crippen molar-refractivity contribution in [3.05, 3.63) is 88.2 Å². The molecule has 1 aliphatic rings. The second kappa shape index (κ2) is 12.0. The summed E-state index contributed by atoms with van der Waals surface area (Å²) in [6.07, 6.45) is 5.56. The number of aromatic nitrogens is 1. The number of esters is 1. The number of anilines is 2. The molecule has 0 unspecified atom stereocenters. The maximum atomic E-state index is 13.4. The first-order valence-electron chi connectivity index (χ1n) is 14.4. The molecule has 0 atom stereocenters. The summed E-state index contributed by atoms with van der Waals surface area (Å²) in [6.45, 7) is 16.9. The van der Waals surface area contributed by atoms with Crippen molar-refractivity contribution in [3.63, 3.8) is 0 Å². The van der Waals surface area contributed by atoms with E-state index in [0.29, 0.717) is 11.3 Å². The number of aryl methyl sites for hydroxylation is 2. The Morgan fingerprint density at radius 2 is 1.24 bits per heavy atom. The van der Waals surface area contributed by atoms with E-state index in [9.17, 15) is 4.79 Å². The van der Waals surface area contributed by atoms with Gasteiger partial charge in [0.25, 0.3) is 0 Å². The first kappa shape index (κ1) is 27.7. The molecule has 202 valence electrons. The third kappa shape index (κ3) is 4.79. The summed E-state index contributed by atoms with van der Waals surface area (Å²) >= 11 is 0. The number of pyridine rings is 1. The lowest BCUT2D eigenvalue weighted by Gasteiger charge is -2.34. The number of carbonyl (C=O) groups excluding carboxylic acids is 1. The topological polar surface area (TPSA) is 45.7 Å². The van der Waals surface area contributed by atoms with Crippen molar-refractivity contribution in [1.82, 2.24) is 4.98 Å². The Morgan fingerprint density at radius 1 is 0.737 bits per heavy atom. The van der Waals surface area contributed by atoms with E-state index in [0.717, 1.165) is 63.0 Å². The fourth-order valence-electron chi connectivity index (χ4n) is 5.97. The first-order chi connectivity index (χ1) is 18.5. The molecule has 38 heavy (non-hydrogen) atoms. The Bertz CT molecular complexity index is 1200. The standard InChI is InChI=1S/C33H43N3O2/c1-7-14-24-22-26(35(9-3)10-4)17-19-29(24)33(31-28(32(37)38-33)16-13-21-34-31)30-20-18-27(36(11-5)12-6)23-25(30)15-8-2/h13,16-23H,7-12,14-15H2,1-6H3. The summed E-state index contributed by atoms with van der Waals surface area (Å²) in [4.78, 5) is 23.0. The average Bonchev–Trinajstić information content (AvgIpc) is 3.24. The summed E-state index contributed by atoms with van der Waals surface area (Å²) in [5, 5.41) is 0. The van der Waals surface area contributed by atoms with Crippen LogP contribution in [0.2, 0.25) is 0 Å². The van der Waals surface area contributed by atoms with E-state index in [1.54, 1.807) is 6.20 Å². The predicted octanol–water partition coefficient (Wildman–Crippen LogP) is 7.14. The van der Waals surface area contributed by atoms with Gasteiger partial charge in [0.15, 0.2) is 0 Å². The highest BCUT2D eigenvalue weighted by Crippen LogP contribution is 2.49. The van der Waals surface area contributed by atoms with Gasteiger partial charge >= 0.3 is 5.97 Å². The predicted molar refractivity (Wildman–Crippen MR) is 158 cm³/mol.